The molecule has 8 heteroatoms. The number of nitrogen functional groups attached to an aromatic ring is 1. The topological polar surface area (TPSA) is 114 Å². The second kappa shape index (κ2) is 6.29. The molecule has 0 aromatic carbocycles. The van der Waals surface area contributed by atoms with Gasteiger partial charge in [0.15, 0.2) is 11.5 Å². The lowest BCUT2D eigenvalue weighted by atomic mass is 10.0. The van der Waals surface area contributed by atoms with Gasteiger partial charge in [0.2, 0.25) is 5.90 Å². The van der Waals surface area contributed by atoms with Crippen molar-refractivity contribution < 1.29 is 4.74 Å². The number of nitrogens with two attached hydrogens (primary N) is 1. The molecule has 4 rings (SSSR count). The zero-order valence-electron chi connectivity index (χ0n) is 14.0. The fraction of sp³-hybridized carbons (Fsp3) is 0.167. The predicted octanol–water partition coefficient (Wildman–Crippen LogP) is 0.0325. The molecule has 2 aliphatic rings. The summed E-state index contributed by atoms with van der Waals surface area (Å²) in [6, 6.07) is 2.16. The molecule has 0 bridgehead atoms. The third-order valence-corrected chi connectivity index (χ3v) is 4.19. The van der Waals surface area contributed by atoms with E-state index >= 15 is 0 Å². The molecule has 0 amide bonds. The van der Waals surface area contributed by atoms with E-state index in [1.807, 2.05) is 18.2 Å². The molecule has 1 aliphatic carbocycles. The van der Waals surface area contributed by atoms with Gasteiger partial charge in [0, 0.05) is 11.6 Å². The van der Waals surface area contributed by atoms with Crippen LogP contribution in [0.15, 0.2) is 47.3 Å². The Balaban J connectivity index is 2.12. The molecule has 0 spiro atoms. The lowest BCUT2D eigenvalue weighted by Gasteiger charge is -2.11. The third kappa shape index (κ3) is 2.56. The zero-order chi connectivity index (χ0) is 18.1. The molecule has 0 saturated carbocycles. The summed E-state index contributed by atoms with van der Waals surface area (Å²) in [5, 5.41) is 15.0. The number of nitrogens with zero attached hydrogens (tertiary/aromatic N) is 6. The van der Waals surface area contributed by atoms with Crippen molar-refractivity contribution in [1.82, 2.24) is 19.6 Å². The molecule has 26 heavy (non-hydrogen) atoms. The Bertz CT molecular complexity index is 1190. The van der Waals surface area contributed by atoms with Crippen LogP contribution < -0.4 is 16.4 Å². The monoisotopic (exact) mass is 345 g/mol. The van der Waals surface area contributed by atoms with E-state index in [-0.39, 0.29) is 5.82 Å². The van der Waals surface area contributed by atoms with Gasteiger partial charge in [-0.15, -0.1) is 0 Å². The summed E-state index contributed by atoms with van der Waals surface area (Å²) in [5.74, 6) is 0.852. The van der Waals surface area contributed by atoms with Gasteiger partial charge >= 0.3 is 0 Å². The van der Waals surface area contributed by atoms with Gasteiger partial charge in [-0.1, -0.05) is 6.08 Å². The molecule has 0 fully saturated rings. The Morgan fingerprint density at radius 3 is 2.88 bits per heavy atom. The molecule has 128 valence electrons. The van der Waals surface area contributed by atoms with E-state index in [2.05, 4.69) is 26.1 Å². The van der Waals surface area contributed by atoms with Crippen molar-refractivity contribution in [2.24, 2.45) is 4.99 Å². The fourth-order valence-corrected chi connectivity index (χ4v) is 2.98. The Kier molecular flexibility index (Phi) is 3.82. The van der Waals surface area contributed by atoms with E-state index in [4.69, 9.17) is 10.5 Å². The Morgan fingerprint density at radius 1 is 1.27 bits per heavy atom. The number of fused-ring (bicyclic) bond motifs is 1. The number of hydrogen-bond acceptors (Lipinski definition) is 7. The van der Waals surface area contributed by atoms with Crippen LogP contribution in [0.3, 0.4) is 0 Å². The molecule has 2 N–H and O–H groups in total. The number of anilines is 1. The van der Waals surface area contributed by atoms with Crippen molar-refractivity contribution in [1.29, 1.82) is 5.26 Å². The molecule has 1 aliphatic heterocycles. The number of aromatic nitrogens is 4. The largest absolute Gasteiger partial charge is 0.481 e. The second-order valence-electron chi connectivity index (χ2n) is 5.75. The Morgan fingerprint density at radius 2 is 2.15 bits per heavy atom. The van der Waals surface area contributed by atoms with E-state index in [0.717, 1.165) is 16.5 Å². The van der Waals surface area contributed by atoms with Gasteiger partial charge in [-0.3, -0.25) is 0 Å². The molecular weight excluding hydrogens is 330 g/mol. The molecule has 0 radical (unpaired) electrons. The molecule has 0 unspecified atom stereocenters. The first kappa shape index (κ1) is 15.8. The van der Waals surface area contributed by atoms with Gasteiger partial charge in [-0.2, -0.15) is 10.4 Å². The maximum absolute atomic E-state index is 9.22. The second-order valence-corrected chi connectivity index (χ2v) is 5.75. The summed E-state index contributed by atoms with van der Waals surface area (Å²) in [4.78, 5) is 13.2. The maximum Gasteiger partial charge on any atom is 0.208 e. The number of hydrogen-bond donors (Lipinski definition) is 1. The van der Waals surface area contributed by atoms with E-state index in [9.17, 15) is 5.26 Å². The van der Waals surface area contributed by atoms with Crippen molar-refractivity contribution in [2.75, 3.05) is 19.4 Å². The van der Waals surface area contributed by atoms with Crippen molar-refractivity contribution in [2.45, 2.75) is 6.42 Å². The number of dihydropyridines is 1. The molecule has 3 heterocycles. The Hall–Kier alpha value is -3.73. The molecule has 0 atom stereocenters. The third-order valence-electron chi connectivity index (χ3n) is 4.19. The minimum absolute atomic E-state index is 0.289. The average molecular weight is 345 g/mol. The highest BCUT2D eigenvalue weighted by atomic mass is 16.5. The van der Waals surface area contributed by atoms with Crippen LogP contribution >= 0.6 is 0 Å². The zero-order valence-corrected chi connectivity index (χ0v) is 14.0. The van der Waals surface area contributed by atoms with Crippen LogP contribution in [0.25, 0.3) is 16.8 Å². The maximum atomic E-state index is 9.22. The number of nitriles is 1. The van der Waals surface area contributed by atoms with Gasteiger partial charge in [-0.05, 0) is 30.2 Å². The van der Waals surface area contributed by atoms with Crippen LogP contribution in [0.5, 0.6) is 0 Å². The number of methoxy groups -OCH3 is 1. The smallest absolute Gasteiger partial charge is 0.208 e. The van der Waals surface area contributed by atoms with E-state index in [0.29, 0.717) is 35.4 Å². The van der Waals surface area contributed by atoms with Gasteiger partial charge in [-0.25, -0.2) is 19.5 Å². The number of ether oxygens (including phenoxy) is 1. The molecule has 0 saturated heterocycles. The van der Waals surface area contributed by atoms with Crippen LogP contribution in [0, 0.1) is 11.3 Å². The highest BCUT2D eigenvalue weighted by Gasteiger charge is 2.14. The molecular formula is C18H15N7O. The van der Waals surface area contributed by atoms with Crippen LogP contribution in [0.2, 0.25) is 0 Å². The minimum atomic E-state index is 0.289. The lowest BCUT2D eigenvalue weighted by molar-refractivity contribution is 0.405. The normalized spacial score (nSPS) is 20.6. The lowest BCUT2D eigenvalue weighted by Crippen LogP contribution is -2.40. The number of aliphatic imine (C=N–C) groups is 1. The molecule has 2 aromatic rings. The SMILES string of the molecule is COC1=NCC(=c2c(=C3C=C(C#N)C=CC3)nc(N)c3ncnn23)C=C1. The first-order valence-corrected chi connectivity index (χ1v) is 7.97. The van der Waals surface area contributed by atoms with Gasteiger partial charge in [0.25, 0.3) is 0 Å². The summed E-state index contributed by atoms with van der Waals surface area (Å²) in [7, 11) is 1.58. The number of rotatable bonds is 0. The van der Waals surface area contributed by atoms with Gasteiger partial charge in [0.05, 0.1) is 36.0 Å². The fourth-order valence-electron chi connectivity index (χ4n) is 2.98. The highest BCUT2D eigenvalue weighted by molar-refractivity contribution is 5.92. The van der Waals surface area contributed by atoms with Gasteiger partial charge in [0.1, 0.15) is 6.33 Å². The van der Waals surface area contributed by atoms with Crippen molar-refractivity contribution in [3.63, 3.8) is 0 Å². The highest BCUT2D eigenvalue weighted by Crippen LogP contribution is 2.15. The minimum Gasteiger partial charge on any atom is -0.481 e. The number of allylic oxidation sites excluding steroid dienone is 4. The van der Waals surface area contributed by atoms with Crippen LogP contribution in [-0.2, 0) is 4.74 Å². The Labute approximate surface area is 148 Å². The first-order chi connectivity index (χ1) is 12.7. The average Bonchev–Trinajstić information content (AvgIpc) is 3.18. The standard InChI is InChI=1S/C18H15N7O/c1-26-14-6-5-13(9-21-14)16-15(12-4-2-3-11(7-12)8-19)24-17(20)18-22-10-23-25(16)18/h2-3,5-7,10H,4,9H2,1H3,(H2,20,24). The van der Waals surface area contributed by atoms with Crippen molar-refractivity contribution in [3.8, 4) is 6.07 Å². The summed E-state index contributed by atoms with van der Waals surface area (Å²) in [5.41, 5.74) is 8.96. The quantitative estimate of drug-likeness (QED) is 0.720. The van der Waals surface area contributed by atoms with E-state index in [1.54, 1.807) is 23.8 Å². The summed E-state index contributed by atoms with van der Waals surface area (Å²) < 4.78 is 6.84. The van der Waals surface area contributed by atoms with Crippen LogP contribution in [0.1, 0.15) is 6.42 Å². The van der Waals surface area contributed by atoms with Crippen molar-refractivity contribution >= 4 is 28.5 Å². The first-order valence-electron chi connectivity index (χ1n) is 7.97. The van der Waals surface area contributed by atoms with E-state index < -0.39 is 0 Å². The van der Waals surface area contributed by atoms with E-state index in [1.165, 1.54) is 6.33 Å². The van der Waals surface area contributed by atoms with Crippen molar-refractivity contribution in [3.05, 3.63) is 53.0 Å². The van der Waals surface area contributed by atoms with Crippen LogP contribution in [0.4, 0.5) is 5.82 Å². The van der Waals surface area contributed by atoms with Crippen LogP contribution in [-0.4, -0.2) is 39.1 Å². The summed E-state index contributed by atoms with van der Waals surface area (Å²) in [6.45, 7) is 0.422. The summed E-state index contributed by atoms with van der Waals surface area (Å²) >= 11 is 0. The predicted molar refractivity (Wildman–Crippen MR) is 97.2 cm³/mol. The molecule has 2 aromatic heterocycles. The molecule has 8 nitrogen and oxygen atoms in total. The summed E-state index contributed by atoms with van der Waals surface area (Å²) in [6.07, 6.45) is 11.4. The van der Waals surface area contributed by atoms with Gasteiger partial charge < -0.3 is 10.5 Å².